The molecule has 2 atom stereocenters. The normalized spacial score (nSPS) is 24.5. The van der Waals surface area contributed by atoms with Gasteiger partial charge >= 0.3 is 5.97 Å². The topological polar surface area (TPSA) is 52.6 Å². The maximum Gasteiger partial charge on any atom is 0.335 e. The molecule has 1 rings (SSSR count). The first-order chi connectivity index (χ1) is 6.20. The fraction of sp³-hybridized carbons (Fsp3) is 0.778. The van der Waals surface area contributed by atoms with E-state index in [1.54, 1.807) is 0 Å². The summed E-state index contributed by atoms with van der Waals surface area (Å²) in [4.78, 5) is 22.5. The second-order valence-corrected chi connectivity index (χ2v) is 3.14. The van der Waals surface area contributed by atoms with Gasteiger partial charge in [-0.05, 0) is 12.8 Å². The SMILES string of the molecule is COC(=O)C(OC)C1CCCC1=O. The van der Waals surface area contributed by atoms with Crippen LogP contribution in [0.2, 0.25) is 0 Å². The highest BCUT2D eigenvalue weighted by Crippen LogP contribution is 2.26. The van der Waals surface area contributed by atoms with E-state index in [-0.39, 0.29) is 11.7 Å². The number of hydrogen-bond donors (Lipinski definition) is 0. The van der Waals surface area contributed by atoms with E-state index in [9.17, 15) is 9.59 Å². The maximum absolute atomic E-state index is 11.3. The number of carbonyl (C=O) groups excluding carboxylic acids is 2. The van der Waals surface area contributed by atoms with Gasteiger partial charge in [0.05, 0.1) is 13.0 Å². The lowest BCUT2D eigenvalue weighted by Gasteiger charge is -2.17. The van der Waals surface area contributed by atoms with Crippen molar-refractivity contribution in [3.8, 4) is 0 Å². The lowest BCUT2D eigenvalue weighted by Crippen LogP contribution is -2.34. The lowest BCUT2D eigenvalue weighted by molar-refractivity contribution is -0.157. The Kier molecular flexibility index (Phi) is 3.42. The third kappa shape index (κ3) is 2.06. The van der Waals surface area contributed by atoms with Crippen LogP contribution in [0, 0.1) is 5.92 Å². The van der Waals surface area contributed by atoms with Gasteiger partial charge in [0.15, 0.2) is 6.10 Å². The quantitative estimate of drug-likeness (QED) is 0.604. The van der Waals surface area contributed by atoms with Crippen molar-refractivity contribution in [3.05, 3.63) is 0 Å². The van der Waals surface area contributed by atoms with Crippen LogP contribution in [0.15, 0.2) is 0 Å². The highest BCUT2D eigenvalue weighted by Gasteiger charge is 2.37. The van der Waals surface area contributed by atoms with Crippen LogP contribution in [0.5, 0.6) is 0 Å². The van der Waals surface area contributed by atoms with E-state index in [4.69, 9.17) is 4.74 Å². The molecule has 0 heterocycles. The molecule has 74 valence electrons. The van der Waals surface area contributed by atoms with Crippen molar-refractivity contribution in [2.75, 3.05) is 14.2 Å². The van der Waals surface area contributed by atoms with E-state index in [1.807, 2.05) is 0 Å². The Labute approximate surface area is 77.2 Å². The summed E-state index contributed by atoms with van der Waals surface area (Å²) in [6, 6.07) is 0. The lowest BCUT2D eigenvalue weighted by atomic mass is 10.00. The summed E-state index contributed by atoms with van der Waals surface area (Å²) in [7, 11) is 2.72. The smallest absolute Gasteiger partial charge is 0.335 e. The highest BCUT2D eigenvalue weighted by molar-refractivity contribution is 5.89. The van der Waals surface area contributed by atoms with E-state index in [1.165, 1.54) is 14.2 Å². The summed E-state index contributed by atoms with van der Waals surface area (Å²) in [5, 5.41) is 0. The van der Waals surface area contributed by atoms with Crippen molar-refractivity contribution >= 4 is 11.8 Å². The Bertz CT molecular complexity index is 212. The molecule has 1 aliphatic rings. The van der Waals surface area contributed by atoms with Crippen LogP contribution < -0.4 is 0 Å². The minimum absolute atomic E-state index is 0.109. The summed E-state index contributed by atoms with van der Waals surface area (Å²) in [5.74, 6) is -0.641. The first-order valence-electron chi connectivity index (χ1n) is 4.34. The number of hydrogen-bond acceptors (Lipinski definition) is 4. The van der Waals surface area contributed by atoms with Gasteiger partial charge in [-0.2, -0.15) is 0 Å². The number of Topliss-reactive ketones (excluding diaryl/α,β-unsaturated/α-hetero) is 1. The van der Waals surface area contributed by atoms with Crippen LogP contribution >= 0.6 is 0 Å². The molecule has 1 aliphatic carbocycles. The fourth-order valence-electron chi connectivity index (χ4n) is 1.70. The summed E-state index contributed by atoms with van der Waals surface area (Å²) in [5.41, 5.74) is 0. The number of esters is 1. The van der Waals surface area contributed by atoms with Gasteiger partial charge in [0.25, 0.3) is 0 Å². The molecule has 1 fully saturated rings. The van der Waals surface area contributed by atoms with E-state index < -0.39 is 12.1 Å². The average Bonchev–Trinajstić information content (AvgIpc) is 2.53. The van der Waals surface area contributed by atoms with Gasteiger partial charge in [0.1, 0.15) is 5.78 Å². The van der Waals surface area contributed by atoms with Crippen LogP contribution in [-0.4, -0.2) is 32.1 Å². The highest BCUT2D eigenvalue weighted by atomic mass is 16.6. The standard InChI is InChI=1S/C9H14O4/c1-12-8(9(11)13-2)6-4-3-5-7(6)10/h6,8H,3-5H2,1-2H3. The Balaban J connectivity index is 2.65. The van der Waals surface area contributed by atoms with Crippen molar-refractivity contribution in [1.29, 1.82) is 0 Å². The zero-order valence-electron chi connectivity index (χ0n) is 7.91. The van der Waals surface area contributed by atoms with Crippen molar-refractivity contribution in [2.45, 2.75) is 25.4 Å². The van der Waals surface area contributed by atoms with Gasteiger partial charge in [0.2, 0.25) is 0 Å². The first-order valence-corrected chi connectivity index (χ1v) is 4.34. The monoisotopic (exact) mass is 186 g/mol. The zero-order valence-corrected chi connectivity index (χ0v) is 7.91. The Hall–Kier alpha value is -0.900. The largest absolute Gasteiger partial charge is 0.467 e. The minimum atomic E-state index is -0.708. The van der Waals surface area contributed by atoms with Gasteiger partial charge in [-0.25, -0.2) is 4.79 Å². The van der Waals surface area contributed by atoms with Crippen molar-refractivity contribution < 1.29 is 19.1 Å². The molecule has 0 aromatic carbocycles. The second kappa shape index (κ2) is 4.37. The molecule has 0 saturated heterocycles. The molecular formula is C9H14O4. The van der Waals surface area contributed by atoms with Crippen LogP contribution in [0.1, 0.15) is 19.3 Å². The number of rotatable bonds is 3. The van der Waals surface area contributed by atoms with Crippen LogP contribution in [0.3, 0.4) is 0 Å². The van der Waals surface area contributed by atoms with Gasteiger partial charge in [0, 0.05) is 13.5 Å². The molecular weight excluding hydrogens is 172 g/mol. The second-order valence-electron chi connectivity index (χ2n) is 3.14. The molecule has 4 heteroatoms. The van der Waals surface area contributed by atoms with Gasteiger partial charge in [-0.3, -0.25) is 4.79 Å². The molecule has 0 aromatic heterocycles. The van der Waals surface area contributed by atoms with Crippen LogP contribution in [-0.2, 0) is 19.1 Å². The number of ether oxygens (including phenoxy) is 2. The molecule has 13 heavy (non-hydrogen) atoms. The fourth-order valence-corrected chi connectivity index (χ4v) is 1.70. The minimum Gasteiger partial charge on any atom is -0.467 e. The first kappa shape index (κ1) is 10.2. The number of methoxy groups -OCH3 is 2. The third-order valence-corrected chi connectivity index (χ3v) is 2.40. The van der Waals surface area contributed by atoms with Crippen LogP contribution in [0.25, 0.3) is 0 Å². The molecule has 0 amide bonds. The Morgan fingerprint density at radius 3 is 2.62 bits per heavy atom. The molecule has 0 N–H and O–H groups in total. The predicted octanol–water partition coefficient (Wildman–Crippen LogP) is 0.544. The summed E-state index contributed by atoms with van der Waals surface area (Å²) >= 11 is 0. The Morgan fingerprint density at radius 1 is 1.54 bits per heavy atom. The third-order valence-electron chi connectivity index (χ3n) is 2.40. The predicted molar refractivity (Wildman–Crippen MR) is 45.2 cm³/mol. The van der Waals surface area contributed by atoms with Crippen molar-refractivity contribution in [3.63, 3.8) is 0 Å². The molecule has 4 nitrogen and oxygen atoms in total. The van der Waals surface area contributed by atoms with Gasteiger partial charge in [-0.15, -0.1) is 0 Å². The molecule has 2 unspecified atom stereocenters. The molecule has 0 spiro atoms. The molecule has 1 saturated carbocycles. The molecule has 0 aliphatic heterocycles. The van der Waals surface area contributed by atoms with Gasteiger partial charge in [-0.1, -0.05) is 0 Å². The van der Waals surface area contributed by atoms with Crippen LogP contribution in [0.4, 0.5) is 0 Å². The molecule has 0 radical (unpaired) electrons. The van der Waals surface area contributed by atoms with E-state index in [0.717, 1.165) is 12.8 Å². The molecule has 0 bridgehead atoms. The van der Waals surface area contributed by atoms with Gasteiger partial charge < -0.3 is 9.47 Å². The maximum atomic E-state index is 11.3. The van der Waals surface area contributed by atoms with E-state index >= 15 is 0 Å². The zero-order chi connectivity index (χ0) is 9.84. The van der Waals surface area contributed by atoms with Crippen molar-refractivity contribution in [1.82, 2.24) is 0 Å². The molecule has 0 aromatic rings. The number of ketones is 1. The summed E-state index contributed by atoms with van der Waals surface area (Å²) in [6.45, 7) is 0. The average molecular weight is 186 g/mol. The van der Waals surface area contributed by atoms with Crippen molar-refractivity contribution in [2.24, 2.45) is 5.92 Å². The number of carbonyl (C=O) groups is 2. The Morgan fingerprint density at radius 2 is 2.23 bits per heavy atom. The van der Waals surface area contributed by atoms with E-state index in [0.29, 0.717) is 6.42 Å². The summed E-state index contributed by atoms with van der Waals surface area (Å²) in [6.07, 6.45) is 1.42. The van der Waals surface area contributed by atoms with E-state index in [2.05, 4.69) is 4.74 Å². The summed E-state index contributed by atoms with van der Waals surface area (Å²) < 4.78 is 9.51.